The molecule has 0 unspecified atom stereocenters. The Hall–Kier alpha value is -3.13. The average Bonchev–Trinajstić information content (AvgIpc) is 3.31. The molecule has 1 aromatic carbocycles. The topological polar surface area (TPSA) is 85.6 Å². The molecule has 0 bridgehead atoms. The fourth-order valence-corrected chi connectivity index (χ4v) is 3.15. The molecule has 7 nitrogen and oxygen atoms in total. The van der Waals surface area contributed by atoms with Gasteiger partial charge in [-0.2, -0.15) is 5.10 Å². The van der Waals surface area contributed by atoms with Gasteiger partial charge in [-0.3, -0.25) is 19.4 Å². The van der Waals surface area contributed by atoms with E-state index in [0.717, 1.165) is 21.6 Å². The lowest BCUT2D eigenvalue weighted by Gasteiger charge is -2.05. The summed E-state index contributed by atoms with van der Waals surface area (Å²) in [7, 11) is 0. The lowest BCUT2D eigenvalue weighted by molar-refractivity contribution is 0.0952. The van der Waals surface area contributed by atoms with E-state index in [0.29, 0.717) is 18.7 Å². The molecule has 0 saturated carbocycles. The number of carbonyl (C=O) groups is 1. The molecule has 1 N–H and O–H groups in total. The van der Waals surface area contributed by atoms with Crippen LogP contribution in [-0.2, 0) is 6.54 Å². The highest BCUT2D eigenvalue weighted by molar-refractivity contribution is 7.16. The summed E-state index contributed by atoms with van der Waals surface area (Å²) in [5.41, 5.74) is 4.81. The lowest BCUT2D eigenvalue weighted by Crippen LogP contribution is -2.27. The molecule has 3 heterocycles. The van der Waals surface area contributed by atoms with Crippen molar-refractivity contribution in [3.63, 3.8) is 0 Å². The van der Waals surface area contributed by atoms with E-state index in [-0.39, 0.29) is 5.91 Å². The molecule has 0 saturated heterocycles. The van der Waals surface area contributed by atoms with E-state index in [9.17, 15) is 4.79 Å². The van der Waals surface area contributed by atoms with Gasteiger partial charge in [0, 0.05) is 30.7 Å². The van der Waals surface area contributed by atoms with Gasteiger partial charge < -0.3 is 5.32 Å². The van der Waals surface area contributed by atoms with Crippen LogP contribution < -0.4 is 5.32 Å². The number of carbonyl (C=O) groups excluding carboxylic acids is 1. The fourth-order valence-electron chi connectivity index (χ4n) is 2.44. The lowest BCUT2D eigenvalue weighted by atomic mass is 10.2. The molecule has 0 atom stereocenters. The standard InChI is InChI=1S/C17H14N6OS/c24-17(12-1-2-14-16(9-12)25-11-21-14)20-6-8-23-7-3-13(22-23)15-10-18-4-5-19-15/h1-5,7,9-11H,6,8H2,(H,20,24). The molecule has 8 heteroatoms. The maximum atomic E-state index is 12.3. The second-order valence-corrected chi connectivity index (χ2v) is 6.23. The Morgan fingerprint density at radius 2 is 2.12 bits per heavy atom. The molecule has 3 aromatic heterocycles. The van der Waals surface area contributed by atoms with E-state index < -0.39 is 0 Å². The van der Waals surface area contributed by atoms with Gasteiger partial charge in [0.15, 0.2) is 0 Å². The maximum absolute atomic E-state index is 12.3. The predicted octanol–water partition coefficient (Wildman–Crippen LogP) is 2.38. The van der Waals surface area contributed by atoms with Crippen LogP contribution in [0.2, 0.25) is 0 Å². The van der Waals surface area contributed by atoms with Gasteiger partial charge in [-0.1, -0.05) is 0 Å². The number of amides is 1. The van der Waals surface area contributed by atoms with Crippen molar-refractivity contribution >= 4 is 27.5 Å². The minimum absolute atomic E-state index is 0.100. The zero-order chi connectivity index (χ0) is 17.1. The Morgan fingerprint density at radius 1 is 1.16 bits per heavy atom. The Labute approximate surface area is 147 Å². The second kappa shape index (κ2) is 6.78. The van der Waals surface area contributed by atoms with Crippen LogP contribution in [0.4, 0.5) is 0 Å². The number of rotatable bonds is 5. The number of aromatic nitrogens is 5. The Morgan fingerprint density at radius 3 is 3.00 bits per heavy atom. The molecule has 124 valence electrons. The van der Waals surface area contributed by atoms with Gasteiger partial charge in [0.05, 0.1) is 28.5 Å². The van der Waals surface area contributed by atoms with Gasteiger partial charge >= 0.3 is 0 Å². The molecule has 4 rings (SSSR count). The Balaban J connectivity index is 1.36. The molecule has 25 heavy (non-hydrogen) atoms. The molecule has 0 fully saturated rings. The number of nitrogens with zero attached hydrogens (tertiary/aromatic N) is 5. The fraction of sp³-hybridized carbons (Fsp3) is 0.118. The van der Waals surface area contributed by atoms with E-state index in [1.807, 2.05) is 24.4 Å². The van der Waals surface area contributed by atoms with Gasteiger partial charge in [-0.15, -0.1) is 11.3 Å². The van der Waals surface area contributed by atoms with Crippen molar-refractivity contribution in [2.75, 3.05) is 6.54 Å². The van der Waals surface area contributed by atoms with Crippen LogP contribution in [0.3, 0.4) is 0 Å². The summed E-state index contributed by atoms with van der Waals surface area (Å²) in [5, 5.41) is 7.35. The molecule has 0 aliphatic heterocycles. The van der Waals surface area contributed by atoms with Crippen LogP contribution in [0.1, 0.15) is 10.4 Å². The van der Waals surface area contributed by atoms with Crippen molar-refractivity contribution in [3.8, 4) is 11.4 Å². The third kappa shape index (κ3) is 3.38. The van der Waals surface area contributed by atoms with Gasteiger partial charge in [-0.05, 0) is 24.3 Å². The molecule has 0 radical (unpaired) electrons. The number of hydrogen-bond donors (Lipinski definition) is 1. The summed E-state index contributed by atoms with van der Waals surface area (Å²) < 4.78 is 2.78. The summed E-state index contributed by atoms with van der Waals surface area (Å²) in [6.07, 6.45) is 6.79. The van der Waals surface area contributed by atoms with Gasteiger partial charge in [0.1, 0.15) is 11.4 Å². The normalized spacial score (nSPS) is 10.9. The summed E-state index contributed by atoms with van der Waals surface area (Å²) in [6, 6.07) is 7.39. The first-order valence-electron chi connectivity index (χ1n) is 7.71. The van der Waals surface area contributed by atoms with Crippen molar-refractivity contribution in [2.24, 2.45) is 0 Å². The molecular formula is C17H14N6OS. The average molecular weight is 350 g/mol. The van der Waals surface area contributed by atoms with Crippen LogP contribution >= 0.6 is 11.3 Å². The molecule has 0 spiro atoms. The van der Waals surface area contributed by atoms with Crippen molar-refractivity contribution < 1.29 is 4.79 Å². The third-order valence-electron chi connectivity index (χ3n) is 3.69. The smallest absolute Gasteiger partial charge is 0.251 e. The van der Waals surface area contributed by atoms with Crippen molar-refractivity contribution in [2.45, 2.75) is 6.54 Å². The van der Waals surface area contributed by atoms with Crippen LogP contribution in [0.5, 0.6) is 0 Å². The van der Waals surface area contributed by atoms with Crippen LogP contribution in [0, 0.1) is 0 Å². The first-order valence-corrected chi connectivity index (χ1v) is 8.59. The number of thiazole rings is 1. The van der Waals surface area contributed by atoms with E-state index in [1.165, 1.54) is 11.3 Å². The first kappa shape index (κ1) is 15.4. The van der Waals surface area contributed by atoms with Gasteiger partial charge in [-0.25, -0.2) is 4.98 Å². The maximum Gasteiger partial charge on any atom is 0.251 e. The Kier molecular flexibility index (Phi) is 4.17. The van der Waals surface area contributed by atoms with E-state index >= 15 is 0 Å². The molecule has 0 aliphatic rings. The van der Waals surface area contributed by atoms with E-state index in [1.54, 1.807) is 34.8 Å². The first-order chi connectivity index (χ1) is 12.3. The highest BCUT2D eigenvalue weighted by Crippen LogP contribution is 2.19. The summed E-state index contributed by atoms with van der Waals surface area (Å²) >= 11 is 1.52. The van der Waals surface area contributed by atoms with Gasteiger partial charge in [0.25, 0.3) is 5.91 Å². The minimum atomic E-state index is -0.100. The van der Waals surface area contributed by atoms with Gasteiger partial charge in [0.2, 0.25) is 0 Å². The summed E-state index contributed by atoms with van der Waals surface area (Å²) in [5.74, 6) is -0.100. The third-order valence-corrected chi connectivity index (χ3v) is 4.48. The van der Waals surface area contributed by atoms with Crippen molar-refractivity contribution in [3.05, 3.63) is 60.1 Å². The van der Waals surface area contributed by atoms with Crippen LogP contribution in [-0.4, -0.2) is 37.2 Å². The van der Waals surface area contributed by atoms with E-state index in [2.05, 4.69) is 25.4 Å². The monoisotopic (exact) mass is 350 g/mol. The van der Waals surface area contributed by atoms with Crippen LogP contribution in [0.25, 0.3) is 21.6 Å². The summed E-state index contributed by atoms with van der Waals surface area (Å²) in [4.78, 5) is 24.7. The number of fused-ring (bicyclic) bond motifs is 1. The molecular weight excluding hydrogens is 336 g/mol. The number of benzene rings is 1. The molecule has 0 aliphatic carbocycles. The number of hydrogen-bond acceptors (Lipinski definition) is 6. The van der Waals surface area contributed by atoms with E-state index in [4.69, 9.17) is 0 Å². The second-order valence-electron chi connectivity index (χ2n) is 5.35. The SMILES string of the molecule is O=C(NCCn1ccc(-c2cnccn2)n1)c1ccc2ncsc2c1. The molecule has 1 amide bonds. The quantitative estimate of drug-likeness (QED) is 0.597. The minimum Gasteiger partial charge on any atom is -0.350 e. The van der Waals surface area contributed by atoms with Crippen molar-refractivity contribution in [1.82, 2.24) is 30.0 Å². The van der Waals surface area contributed by atoms with Crippen LogP contribution in [0.15, 0.2) is 54.6 Å². The highest BCUT2D eigenvalue weighted by atomic mass is 32.1. The zero-order valence-electron chi connectivity index (χ0n) is 13.2. The zero-order valence-corrected chi connectivity index (χ0v) is 14.0. The Bertz CT molecular complexity index is 1010. The highest BCUT2D eigenvalue weighted by Gasteiger charge is 2.08. The number of nitrogens with one attached hydrogen (secondary N) is 1. The molecule has 4 aromatic rings. The van der Waals surface area contributed by atoms with Crippen molar-refractivity contribution in [1.29, 1.82) is 0 Å². The predicted molar refractivity (Wildman–Crippen MR) is 95.2 cm³/mol. The summed E-state index contributed by atoms with van der Waals surface area (Å²) in [6.45, 7) is 1.07. The largest absolute Gasteiger partial charge is 0.350 e.